The van der Waals surface area contributed by atoms with Crippen LogP contribution in [0.25, 0.3) is 5.65 Å². The lowest BCUT2D eigenvalue weighted by atomic mass is 10.4. The highest BCUT2D eigenvalue weighted by Gasteiger charge is 2.27. The number of nitrogens with zero attached hydrogens (tertiary/aromatic N) is 3. The molecule has 5 aromatic rings. The van der Waals surface area contributed by atoms with E-state index in [1.54, 1.807) is 0 Å². The van der Waals surface area contributed by atoms with E-state index in [0.717, 1.165) is 11.3 Å². The molecule has 0 N–H and O–H groups in total. The Hall–Kier alpha value is -3.42. The molecule has 0 bridgehead atoms. The number of pyridine rings is 1. The highest BCUT2D eigenvalue weighted by Crippen LogP contribution is 2.49. The second-order valence-electron chi connectivity index (χ2n) is 6.82. The summed E-state index contributed by atoms with van der Waals surface area (Å²) in [5.74, 6) is 0. The van der Waals surface area contributed by atoms with Gasteiger partial charge in [0, 0.05) is 34.5 Å². The van der Waals surface area contributed by atoms with E-state index in [2.05, 4.69) is 108 Å². The molecule has 5 rings (SSSR count). The van der Waals surface area contributed by atoms with Crippen molar-refractivity contribution >= 4 is 34.3 Å². The third kappa shape index (κ3) is 3.20. The van der Waals surface area contributed by atoms with E-state index in [9.17, 15) is 0 Å². The minimum Gasteiger partial charge on any atom is -0.305 e. The predicted molar refractivity (Wildman–Crippen MR) is 122 cm³/mol. The van der Waals surface area contributed by atoms with Gasteiger partial charge in [0.05, 0.1) is 12.7 Å². The van der Waals surface area contributed by atoms with E-state index in [1.807, 2.05) is 22.9 Å². The Bertz CT molecular complexity index is 1190. The van der Waals surface area contributed by atoms with Gasteiger partial charge in [-0.2, -0.15) is 0 Å². The molecule has 2 aromatic heterocycles. The number of hydrogen-bond acceptors (Lipinski definition) is 2. The van der Waals surface area contributed by atoms with Crippen LogP contribution in [0.15, 0.2) is 126 Å². The van der Waals surface area contributed by atoms with Gasteiger partial charge < -0.3 is 4.40 Å². The first-order chi connectivity index (χ1) is 14.4. The van der Waals surface area contributed by atoms with Crippen LogP contribution in [-0.4, -0.2) is 9.38 Å². The highest BCUT2D eigenvalue weighted by atomic mass is 31.2. The number of aromatic nitrogens is 2. The lowest BCUT2D eigenvalue weighted by Crippen LogP contribution is -2.25. The fourth-order valence-electron chi connectivity index (χ4n) is 3.69. The third-order valence-corrected chi connectivity index (χ3v) is 8.70. The van der Waals surface area contributed by atoms with E-state index < -0.39 is 7.05 Å². The second kappa shape index (κ2) is 7.54. The molecule has 4 heteroatoms. The molecule has 0 unspecified atom stereocenters. The summed E-state index contributed by atoms with van der Waals surface area (Å²) in [7, 11) is -2.24. The predicted octanol–water partition coefficient (Wildman–Crippen LogP) is 5.14. The Morgan fingerprint density at radius 1 is 0.621 bits per heavy atom. The maximum atomic E-state index is 5.49. The van der Waals surface area contributed by atoms with Crippen molar-refractivity contribution in [3.8, 4) is 0 Å². The minimum absolute atomic E-state index is 0.923. The lowest BCUT2D eigenvalue weighted by molar-refractivity contribution is 1.18. The zero-order chi connectivity index (χ0) is 19.5. The molecular formula is C25H20N3P. The topological polar surface area (TPSA) is 29.7 Å². The van der Waals surface area contributed by atoms with Gasteiger partial charge in [0.25, 0.3) is 0 Å². The van der Waals surface area contributed by atoms with Crippen LogP contribution in [0, 0.1) is 0 Å². The summed E-state index contributed by atoms with van der Waals surface area (Å²) in [6.45, 7) is 0. The maximum Gasteiger partial charge on any atom is 0.136 e. The smallest absolute Gasteiger partial charge is 0.136 e. The van der Waals surface area contributed by atoms with E-state index >= 15 is 0 Å². The standard InChI is InChI=1S/C25H20N3P/c1-4-10-22(11-5-1)29(23-12-6-2-7-13-23,24-14-8-3-9-15-24)27-21-16-17-25-26-18-19-28(25)20-21/h1-20H. The van der Waals surface area contributed by atoms with E-state index in [1.165, 1.54) is 15.9 Å². The van der Waals surface area contributed by atoms with Gasteiger partial charge in [0.2, 0.25) is 0 Å². The number of rotatable bonds is 4. The molecule has 0 aliphatic heterocycles. The molecule has 0 amide bonds. The normalized spacial score (nSPS) is 11.4. The van der Waals surface area contributed by atoms with Crippen LogP contribution in [0.2, 0.25) is 0 Å². The fraction of sp³-hybridized carbons (Fsp3) is 0. The van der Waals surface area contributed by atoms with Crippen LogP contribution in [-0.2, 0) is 0 Å². The van der Waals surface area contributed by atoms with Crippen LogP contribution < -0.4 is 15.9 Å². The molecule has 0 radical (unpaired) electrons. The van der Waals surface area contributed by atoms with Crippen LogP contribution in [0.3, 0.4) is 0 Å². The van der Waals surface area contributed by atoms with Crippen molar-refractivity contribution in [1.29, 1.82) is 0 Å². The molecule has 0 atom stereocenters. The van der Waals surface area contributed by atoms with Crippen molar-refractivity contribution in [2.75, 3.05) is 0 Å². The molecule has 0 spiro atoms. The Kier molecular flexibility index (Phi) is 4.59. The van der Waals surface area contributed by atoms with Gasteiger partial charge >= 0.3 is 0 Å². The van der Waals surface area contributed by atoms with Crippen molar-refractivity contribution in [3.05, 3.63) is 122 Å². The molecule has 0 saturated carbocycles. The number of imidazole rings is 1. The molecule has 0 aliphatic carbocycles. The van der Waals surface area contributed by atoms with Gasteiger partial charge in [-0.25, -0.2) is 4.98 Å². The zero-order valence-electron chi connectivity index (χ0n) is 15.8. The summed E-state index contributed by atoms with van der Waals surface area (Å²) < 4.78 is 7.52. The summed E-state index contributed by atoms with van der Waals surface area (Å²) in [6.07, 6.45) is 5.83. The summed E-state index contributed by atoms with van der Waals surface area (Å²) >= 11 is 0. The summed E-state index contributed by atoms with van der Waals surface area (Å²) in [6, 6.07) is 36.1. The Labute approximate surface area is 170 Å². The Morgan fingerprint density at radius 3 is 1.66 bits per heavy atom. The molecule has 3 nitrogen and oxygen atoms in total. The van der Waals surface area contributed by atoms with Gasteiger partial charge in [-0.1, -0.05) is 91.0 Å². The molecule has 140 valence electrons. The van der Waals surface area contributed by atoms with Crippen LogP contribution in [0.1, 0.15) is 0 Å². The SMILES string of the molecule is c1ccc(P(=Nc2ccc3nccn3c2)(c2ccccc2)c2ccccc2)cc1. The fourth-order valence-corrected chi connectivity index (χ4v) is 7.21. The molecule has 0 fully saturated rings. The average molecular weight is 393 g/mol. The Balaban J connectivity index is 1.89. The summed E-state index contributed by atoms with van der Waals surface area (Å²) in [4.78, 5) is 4.36. The van der Waals surface area contributed by atoms with Crippen LogP contribution >= 0.6 is 7.05 Å². The molecule has 0 saturated heterocycles. The number of fused-ring (bicyclic) bond motifs is 1. The van der Waals surface area contributed by atoms with Gasteiger partial charge in [-0.15, -0.1) is 0 Å². The lowest BCUT2D eigenvalue weighted by Gasteiger charge is -2.27. The Morgan fingerprint density at radius 2 is 1.14 bits per heavy atom. The van der Waals surface area contributed by atoms with E-state index in [-0.39, 0.29) is 0 Å². The molecule has 2 heterocycles. The number of hydrogen-bond donors (Lipinski definition) is 0. The summed E-state index contributed by atoms with van der Waals surface area (Å²) in [5.41, 5.74) is 1.87. The average Bonchev–Trinajstić information content (AvgIpc) is 3.27. The zero-order valence-corrected chi connectivity index (χ0v) is 16.7. The van der Waals surface area contributed by atoms with Crippen LogP contribution in [0.5, 0.6) is 0 Å². The van der Waals surface area contributed by atoms with Crippen molar-refractivity contribution in [2.24, 2.45) is 4.74 Å². The summed E-state index contributed by atoms with van der Waals surface area (Å²) in [5, 5.41) is 3.72. The monoisotopic (exact) mass is 393 g/mol. The van der Waals surface area contributed by atoms with E-state index in [0.29, 0.717) is 0 Å². The molecular weight excluding hydrogens is 373 g/mol. The number of benzene rings is 3. The third-order valence-electron chi connectivity index (χ3n) is 5.03. The molecule has 29 heavy (non-hydrogen) atoms. The van der Waals surface area contributed by atoms with Crippen molar-refractivity contribution < 1.29 is 0 Å². The van der Waals surface area contributed by atoms with Gasteiger partial charge in [0.1, 0.15) is 5.65 Å². The quantitative estimate of drug-likeness (QED) is 0.389. The van der Waals surface area contributed by atoms with Crippen molar-refractivity contribution in [1.82, 2.24) is 9.38 Å². The maximum absolute atomic E-state index is 5.49. The molecule has 0 aliphatic rings. The first-order valence-electron chi connectivity index (χ1n) is 9.58. The van der Waals surface area contributed by atoms with Gasteiger partial charge in [0.15, 0.2) is 0 Å². The largest absolute Gasteiger partial charge is 0.305 e. The van der Waals surface area contributed by atoms with Gasteiger partial charge in [-0.3, -0.25) is 4.74 Å². The molecule has 3 aromatic carbocycles. The first-order valence-corrected chi connectivity index (χ1v) is 11.3. The van der Waals surface area contributed by atoms with E-state index in [4.69, 9.17) is 4.74 Å². The van der Waals surface area contributed by atoms with Crippen molar-refractivity contribution in [2.45, 2.75) is 0 Å². The first kappa shape index (κ1) is 17.7. The second-order valence-corrected chi connectivity index (χ2v) is 9.84. The van der Waals surface area contributed by atoms with Gasteiger partial charge in [-0.05, 0) is 12.1 Å². The van der Waals surface area contributed by atoms with Crippen LogP contribution in [0.4, 0.5) is 5.69 Å². The highest BCUT2D eigenvalue weighted by molar-refractivity contribution is 7.87. The minimum atomic E-state index is -2.24. The van der Waals surface area contributed by atoms with Crippen molar-refractivity contribution in [3.63, 3.8) is 0 Å².